The van der Waals surface area contributed by atoms with Gasteiger partial charge in [-0.15, -0.1) is 0 Å². The van der Waals surface area contributed by atoms with Crippen LogP contribution < -0.4 is 21.8 Å². The van der Waals surface area contributed by atoms with Crippen LogP contribution in [0.1, 0.15) is 42.9 Å². The van der Waals surface area contributed by atoms with E-state index in [-0.39, 0.29) is 44.4 Å². The minimum atomic E-state index is -0.156. The van der Waals surface area contributed by atoms with Crippen LogP contribution in [0.25, 0.3) is 11.4 Å². The first-order valence-corrected chi connectivity index (χ1v) is 12.4. The lowest BCUT2D eigenvalue weighted by Crippen LogP contribution is -2.38. The highest BCUT2D eigenvalue weighted by Crippen LogP contribution is 2.36. The van der Waals surface area contributed by atoms with E-state index < -0.39 is 0 Å². The number of hydrazine groups is 1. The van der Waals surface area contributed by atoms with E-state index in [1.165, 1.54) is 5.01 Å². The van der Waals surface area contributed by atoms with Crippen molar-refractivity contribution >= 4 is 35.4 Å². The summed E-state index contributed by atoms with van der Waals surface area (Å²) in [6.45, 7) is 4.14. The average Bonchev–Trinajstić information content (AvgIpc) is 2.90. The predicted octanol–water partition coefficient (Wildman–Crippen LogP) is 1.99. The zero-order chi connectivity index (χ0) is 26.6. The molecule has 2 aromatic rings. The third kappa shape index (κ3) is 7.31. The average molecular weight is 510 g/mol. The first-order chi connectivity index (χ1) is 18.0. The van der Waals surface area contributed by atoms with E-state index in [0.717, 1.165) is 17.5 Å². The summed E-state index contributed by atoms with van der Waals surface area (Å²) in [6, 6.07) is 15.0. The molecule has 1 aliphatic heterocycles. The molecule has 2 aromatic carbocycles. The van der Waals surface area contributed by atoms with Gasteiger partial charge in [0, 0.05) is 37.1 Å². The van der Waals surface area contributed by atoms with Gasteiger partial charge in [-0.3, -0.25) is 14.4 Å². The Morgan fingerprint density at radius 2 is 1.78 bits per heavy atom. The van der Waals surface area contributed by atoms with Gasteiger partial charge in [0.2, 0.25) is 11.8 Å². The van der Waals surface area contributed by atoms with Crippen LogP contribution in [0.4, 0.5) is 5.69 Å². The summed E-state index contributed by atoms with van der Waals surface area (Å²) in [4.78, 5) is 37.9. The van der Waals surface area contributed by atoms with Crippen molar-refractivity contribution in [3.05, 3.63) is 65.2 Å². The van der Waals surface area contributed by atoms with Gasteiger partial charge in [-0.25, -0.2) is 5.84 Å². The van der Waals surface area contributed by atoms with Gasteiger partial charge in [0.15, 0.2) is 0 Å². The molecule has 1 aliphatic rings. The van der Waals surface area contributed by atoms with Gasteiger partial charge in [-0.1, -0.05) is 49.4 Å². The highest BCUT2D eigenvalue weighted by Gasteiger charge is 2.27. The summed E-state index contributed by atoms with van der Waals surface area (Å²) in [7, 11) is 0. The molecule has 0 saturated heterocycles. The topological polar surface area (TPSA) is 140 Å². The minimum Gasteiger partial charge on any atom is -0.466 e. The highest BCUT2D eigenvalue weighted by atomic mass is 16.5. The Morgan fingerprint density at radius 3 is 2.54 bits per heavy atom. The van der Waals surface area contributed by atoms with Crippen molar-refractivity contribution in [2.45, 2.75) is 32.7 Å². The van der Waals surface area contributed by atoms with Crippen LogP contribution in [0, 0.1) is 0 Å². The summed E-state index contributed by atoms with van der Waals surface area (Å²) in [5.74, 6) is 6.09. The first-order valence-electron chi connectivity index (χ1n) is 12.4. The van der Waals surface area contributed by atoms with Gasteiger partial charge in [0.1, 0.15) is 6.61 Å². The van der Waals surface area contributed by atoms with Crippen LogP contribution in [0.15, 0.2) is 48.5 Å². The van der Waals surface area contributed by atoms with Crippen molar-refractivity contribution in [2.75, 3.05) is 37.8 Å². The normalized spacial score (nSPS) is 14.6. The number of benzene rings is 2. The lowest BCUT2D eigenvalue weighted by molar-refractivity contribution is -0.129. The van der Waals surface area contributed by atoms with Crippen LogP contribution in [-0.2, 0) is 30.4 Å². The maximum absolute atomic E-state index is 13.5. The number of nitrogens with two attached hydrogens (primary N) is 2. The Hall–Kier alpha value is -3.89. The SMILES string of the molecule is CCCOCCC(=O)NCCC(=O)N1Cc2ccccc2/C(N)=C(/N(N)CCOC=O)c2ccccc21. The van der Waals surface area contributed by atoms with E-state index in [2.05, 4.69) is 5.32 Å². The quantitative estimate of drug-likeness (QED) is 0.161. The van der Waals surface area contributed by atoms with E-state index >= 15 is 0 Å². The lowest BCUT2D eigenvalue weighted by atomic mass is 9.95. The van der Waals surface area contributed by atoms with Gasteiger partial charge in [0.05, 0.1) is 36.8 Å². The fourth-order valence-electron chi connectivity index (χ4n) is 4.14. The number of anilines is 1. The molecule has 0 atom stereocenters. The van der Waals surface area contributed by atoms with E-state index in [1.54, 1.807) is 4.90 Å². The molecule has 0 unspecified atom stereocenters. The van der Waals surface area contributed by atoms with Crippen LogP contribution in [-0.4, -0.2) is 56.2 Å². The Bertz CT molecular complexity index is 1120. The van der Waals surface area contributed by atoms with Gasteiger partial charge < -0.3 is 30.4 Å². The van der Waals surface area contributed by atoms with Gasteiger partial charge in [-0.2, -0.15) is 0 Å². The summed E-state index contributed by atoms with van der Waals surface area (Å²) in [6.07, 6.45) is 1.27. The van der Waals surface area contributed by atoms with Crippen molar-refractivity contribution in [3.8, 4) is 0 Å². The van der Waals surface area contributed by atoms with Crippen molar-refractivity contribution in [3.63, 3.8) is 0 Å². The number of para-hydroxylation sites is 1. The van der Waals surface area contributed by atoms with Crippen molar-refractivity contribution in [2.24, 2.45) is 11.6 Å². The predicted molar refractivity (Wildman–Crippen MR) is 141 cm³/mol. The number of hydrogen-bond donors (Lipinski definition) is 3. The Morgan fingerprint density at radius 1 is 1.05 bits per heavy atom. The number of amides is 2. The number of fused-ring (bicyclic) bond motifs is 2. The molecular formula is C27H35N5O5. The Labute approximate surface area is 217 Å². The van der Waals surface area contributed by atoms with E-state index in [4.69, 9.17) is 21.1 Å². The first kappa shape index (κ1) is 27.7. The van der Waals surface area contributed by atoms with Gasteiger partial charge >= 0.3 is 0 Å². The fourth-order valence-corrected chi connectivity index (χ4v) is 4.14. The zero-order valence-electron chi connectivity index (χ0n) is 21.2. The van der Waals surface area contributed by atoms with Crippen LogP contribution in [0.5, 0.6) is 0 Å². The van der Waals surface area contributed by atoms with Crippen molar-refractivity contribution < 1.29 is 23.9 Å². The highest BCUT2D eigenvalue weighted by molar-refractivity contribution is 6.01. The maximum atomic E-state index is 13.5. The van der Waals surface area contributed by atoms with Gasteiger partial charge in [0.25, 0.3) is 6.47 Å². The molecule has 0 saturated carbocycles. The molecule has 198 valence electrons. The zero-order valence-corrected chi connectivity index (χ0v) is 21.2. The summed E-state index contributed by atoms with van der Waals surface area (Å²) in [5.41, 5.74) is 10.6. The number of rotatable bonds is 13. The minimum absolute atomic E-state index is 0.0758. The molecule has 0 bridgehead atoms. The Balaban J connectivity index is 1.87. The van der Waals surface area contributed by atoms with Crippen molar-refractivity contribution in [1.29, 1.82) is 0 Å². The van der Waals surface area contributed by atoms with E-state index in [9.17, 15) is 14.4 Å². The lowest BCUT2D eigenvalue weighted by Gasteiger charge is -2.33. The van der Waals surface area contributed by atoms with Crippen LogP contribution >= 0.6 is 0 Å². The standard InChI is InChI=1S/C27H35N5O5/c1-2-15-36-16-12-24(34)30-13-11-25(35)31-18-20-7-3-4-8-21(20)26(28)27(32(29)14-17-37-19-33)22-9-5-6-10-23(22)31/h3-10,19H,2,11-18,28-29H2,1H3,(H,30,34)/b27-26-. The largest absolute Gasteiger partial charge is 0.466 e. The molecule has 0 fully saturated rings. The van der Waals surface area contributed by atoms with Crippen molar-refractivity contribution in [1.82, 2.24) is 10.3 Å². The molecule has 10 heteroatoms. The molecule has 3 rings (SSSR count). The van der Waals surface area contributed by atoms with Gasteiger partial charge in [-0.05, 0) is 18.1 Å². The molecule has 0 spiro atoms. The van der Waals surface area contributed by atoms with E-state index in [1.807, 2.05) is 55.5 Å². The number of nitrogens with one attached hydrogen (secondary N) is 1. The smallest absolute Gasteiger partial charge is 0.293 e. The molecular weight excluding hydrogens is 474 g/mol. The van der Waals surface area contributed by atoms with Crippen LogP contribution in [0.2, 0.25) is 0 Å². The monoisotopic (exact) mass is 509 g/mol. The second kappa shape index (κ2) is 14.0. The molecule has 5 N–H and O–H groups in total. The second-order valence-corrected chi connectivity index (χ2v) is 8.54. The number of carbonyl (C=O) groups is 3. The number of ether oxygens (including phenoxy) is 2. The Kier molecular flexibility index (Phi) is 10.5. The van der Waals surface area contributed by atoms with Crippen LogP contribution in [0.3, 0.4) is 0 Å². The molecule has 37 heavy (non-hydrogen) atoms. The number of nitrogens with zero attached hydrogens (tertiary/aromatic N) is 2. The molecule has 1 heterocycles. The molecule has 0 aromatic heterocycles. The molecule has 10 nitrogen and oxygen atoms in total. The molecule has 0 aliphatic carbocycles. The number of hydrogen-bond acceptors (Lipinski definition) is 8. The summed E-state index contributed by atoms with van der Waals surface area (Å²) in [5, 5.41) is 4.23. The second-order valence-electron chi connectivity index (χ2n) is 8.54. The van der Waals surface area contributed by atoms with E-state index in [0.29, 0.717) is 48.9 Å². The summed E-state index contributed by atoms with van der Waals surface area (Å²) >= 11 is 0. The molecule has 0 radical (unpaired) electrons. The maximum Gasteiger partial charge on any atom is 0.293 e. The summed E-state index contributed by atoms with van der Waals surface area (Å²) < 4.78 is 10.2. The number of carbonyl (C=O) groups excluding carboxylic acids is 3. The molecule has 2 amide bonds. The fraction of sp³-hybridized carbons (Fsp3) is 0.370. The third-order valence-corrected chi connectivity index (χ3v) is 5.93. The third-order valence-electron chi connectivity index (χ3n) is 5.93.